The van der Waals surface area contributed by atoms with Crippen LogP contribution < -0.4 is 0 Å². The van der Waals surface area contributed by atoms with E-state index in [1.165, 1.54) is 12.1 Å². The van der Waals surface area contributed by atoms with Crippen LogP contribution in [0.4, 0.5) is 0 Å². The van der Waals surface area contributed by atoms with Gasteiger partial charge in [0.1, 0.15) is 5.75 Å². The number of halogens is 2. The number of hydrogen-bond donors (Lipinski definition) is 2. The summed E-state index contributed by atoms with van der Waals surface area (Å²) < 4.78 is 0. The van der Waals surface area contributed by atoms with Crippen LogP contribution in [0.25, 0.3) is 5.32 Å². The van der Waals surface area contributed by atoms with E-state index < -0.39 is 5.60 Å². The summed E-state index contributed by atoms with van der Waals surface area (Å²) >= 11 is 11.6. The van der Waals surface area contributed by atoms with E-state index >= 15 is 0 Å². The number of hydrogen-bond acceptors (Lipinski definition) is 3. The van der Waals surface area contributed by atoms with E-state index in [9.17, 15) is 9.90 Å². The van der Waals surface area contributed by atoms with Crippen molar-refractivity contribution in [1.82, 2.24) is 0 Å². The van der Waals surface area contributed by atoms with Crippen LogP contribution in [0.1, 0.15) is 44.0 Å². The number of aromatic hydroxyl groups is 1. The van der Waals surface area contributed by atoms with Gasteiger partial charge in [0.05, 0.1) is 21.2 Å². The van der Waals surface area contributed by atoms with E-state index in [2.05, 4.69) is 5.32 Å². The van der Waals surface area contributed by atoms with E-state index in [0.29, 0.717) is 13.1 Å². The van der Waals surface area contributed by atoms with Crippen molar-refractivity contribution in [2.75, 3.05) is 13.1 Å². The van der Waals surface area contributed by atoms with Crippen molar-refractivity contribution in [1.29, 1.82) is 0 Å². The summed E-state index contributed by atoms with van der Waals surface area (Å²) in [6, 6.07) is 2.75. The molecular weight excluding hydrogens is 414 g/mol. The Balaban J connectivity index is 0.000000709. The number of phenols is 1. The van der Waals surface area contributed by atoms with Gasteiger partial charge in [0.2, 0.25) is 0 Å². The Labute approximate surface area is 172 Å². The van der Waals surface area contributed by atoms with Crippen LogP contribution in [0.5, 0.6) is 5.75 Å². The number of piperidine rings is 1. The van der Waals surface area contributed by atoms with E-state index in [0.717, 1.165) is 12.8 Å². The molecule has 127 valence electrons. The van der Waals surface area contributed by atoms with Crippen LogP contribution in [0.15, 0.2) is 12.1 Å². The molecule has 1 saturated heterocycles. The average Bonchev–Trinajstić information content (AvgIpc) is 2.41. The van der Waals surface area contributed by atoms with Crippen molar-refractivity contribution < 1.29 is 47.7 Å². The molecule has 1 fully saturated rings. The molecule has 1 heterocycles. The largest absolute Gasteiger partial charge is 0.662 e. The summed E-state index contributed by atoms with van der Waals surface area (Å²) in [5.74, 6) is -0.251. The summed E-state index contributed by atoms with van der Waals surface area (Å²) in [6.45, 7) is 6.64. The van der Waals surface area contributed by atoms with Crippen LogP contribution in [-0.4, -0.2) is 34.7 Å². The Morgan fingerprint density at radius 2 is 1.61 bits per heavy atom. The fourth-order valence-electron chi connectivity index (χ4n) is 1.97. The molecule has 4 nitrogen and oxygen atoms in total. The molecule has 1 radical (unpaired) electrons. The Kier molecular flexibility index (Phi) is 10.5. The Hall–Kier alpha value is 0.294. The van der Waals surface area contributed by atoms with Crippen molar-refractivity contribution in [3.63, 3.8) is 0 Å². The van der Waals surface area contributed by atoms with Crippen molar-refractivity contribution in [2.45, 2.75) is 39.2 Å². The van der Waals surface area contributed by atoms with Gasteiger partial charge in [-0.25, -0.2) is 0 Å². The van der Waals surface area contributed by atoms with E-state index in [1.807, 2.05) is 0 Å². The molecule has 0 saturated carbocycles. The monoisotopic (exact) mass is 435 g/mol. The van der Waals surface area contributed by atoms with Crippen LogP contribution in [0.3, 0.4) is 0 Å². The number of aliphatic hydroxyl groups is 1. The fourth-order valence-corrected chi connectivity index (χ4v) is 2.29. The van der Waals surface area contributed by atoms with Gasteiger partial charge in [-0.2, -0.15) is 0 Å². The number of benzene rings is 1. The Bertz CT molecular complexity index is 521. The van der Waals surface area contributed by atoms with Gasteiger partial charge in [-0.05, 0) is 26.8 Å². The first kappa shape index (κ1) is 23.3. The molecule has 2 N–H and O–H groups in total. The SMILES string of the molecule is CC(C)(C)O.O=C(c1cc(Cl)c(Cl)cc1O)C1CC[N-]CC1.[Y]. The molecule has 0 bridgehead atoms. The third kappa shape index (κ3) is 8.80. The van der Waals surface area contributed by atoms with Gasteiger partial charge in [0, 0.05) is 44.7 Å². The first-order valence-electron chi connectivity index (χ1n) is 7.17. The predicted octanol–water partition coefficient (Wildman–Crippen LogP) is 4.44. The molecular formula is C16H22Cl2NO3Y-. The third-order valence-electron chi connectivity index (χ3n) is 2.95. The minimum absolute atomic E-state index is 0. The number of ketones is 1. The molecule has 7 heteroatoms. The number of rotatable bonds is 2. The molecule has 0 atom stereocenters. The smallest absolute Gasteiger partial charge is 0.169 e. The molecule has 0 unspecified atom stereocenters. The molecule has 0 spiro atoms. The summed E-state index contributed by atoms with van der Waals surface area (Å²) in [7, 11) is 0. The molecule has 0 amide bonds. The van der Waals surface area contributed by atoms with Crippen molar-refractivity contribution in [3.8, 4) is 5.75 Å². The maximum atomic E-state index is 12.2. The summed E-state index contributed by atoms with van der Waals surface area (Å²) in [4.78, 5) is 12.2. The topological polar surface area (TPSA) is 71.6 Å². The summed E-state index contributed by atoms with van der Waals surface area (Å²) in [5, 5.41) is 23.0. The van der Waals surface area contributed by atoms with E-state index in [1.54, 1.807) is 20.8 Å². The van der Waals surface area contributed by atoms with Gasteiger partial charge in [0.15, 0.2) is 5.78 Å². The van der Waals surface area contributed by atoms with Gasteiger partial charge >= 0.3 is 0 Å². The fraction of sp³-hybridized carbons (Fsp3) is 0.562. The zero-order chi connectivity index (χ0) is 16.9. The number of Topliss-reactive ketones (excluding diaryl/α,β-unsaturated/α-hetero) is 1. The standard InChI is InChI=1S/C12H12Cl2NO2.C4H10O.Y/c13-9-5-8(11(16)6-10(9)14)12(17)7-1-3-15-4-2-7;1-4(2,3)5;/h5-7,16H,1-4H2;5H,1-3H3;/q-1;;. The molecule has 2 rings (SSSR count). The second-order valence-electron chi connectivity index (χ2n) is 6.26. The zero-order valence-electron chi connectivity index (χ0n) is 13.6. The first-order chi connectivity index (χ1) is 10.1. The molecule has 0 aliphatic carbocycles. The van der Waals surface area contributed by atoms with Gasteiger partial charge < -0.3 is 15.5 Å². The predicted molar refractivity (Wildman–Crippen MR) is 90.2 cm³/mol. The number of carbonyl (C=O) groups excluding carboxylic acids is 1. The number of phenolic OH excluding ortho intramolecular Hbond substituents is 1. The van der Waals surface area contributed by atoms with Crippen LogP contribution in [0, 0.1) is 5.92 Å². The van der Waals surface area contributed by atoms with Gasteiger partial charge in [-0.1, -0.05) is 36.0 Å². The molecule has 1 aliphatic heterocycles. The third-order valence-corrected chi connectivity index (χ3v) is 3.67. The zero-order valence-corrected chi connectivity index (χ0v) is 18.0. The molecule has 0 aromatic heterocycles. The normalized spacial score (nSPS) is 15.2. The Morgan fingerprint density at radius 3 is 2.09 bits per heavy atom. The maximum absolute atomic E-state index is 12.2. The van der Waals surface area contributed by atoms with Gasteiger partial charge in [0.25, 0.3) is 0 Å². The molecule has 1 aromatic carbocycles. The minimum Gasteiger partial charge on any atom is -0.662 e. The van der Waals surface area contributed by atoms with Crippen LogP contribution in [0.2, 0.25) is 10.0 Å². The summed E-state index contributed by atoms with van der Waals surface area (Å²) in [5.41, 5.74) is -0.244. The molecule has 1 aliphatic rings. The number of nitrogens with zero attached hydrogens (tertiary/aromatic N) is 1. The van der Waals surface area contributed by atoms with Gasteiger partial charge in [-0.15, -0.1) is 13.1 Å². The van der Waals surface area contributed by atoms with E-state index in [4.69, 9.17) is 28.3 Å². The van der Waals surface area contributed by atoms with E-state index in [-0.39, 0.29) is 65.8 Å². The maximum Gasteiger partial charge on any atom is 0.169 e. The van der Waals surface area contributed by atoms with Crippen molar-refractivity contribution >= 4 is 29.0 Å². The van der Waals surface area contributed by atoms with Crippen LogP contribution >= 0.6 is 23.2 Å². The quantitative estimate of drug-likeness (QED) is 0.674. The second kappa shape index (κ2) is 10.3. The number of carbonyl (C=O) groups is 1. The van der Waals surface area contributed by atoms with Crippen molar-refractivity contribution in [3.05, 3.63) is 33.1 Å². The Morgan fingerprint density at radius 1 is 1.17 bits per heavy atom. The minimum atomic E-state index is -0.500. The average molecular weight is 436 g/mol. The van der Waals surface area contributed by atoms with Gasteiger partial charge in [-0.3, -0.25) is 4.79 Å². The summed E-state index contributed by atoms with van der Waals surface area (Å²) in [6.07, 6.45) is 1.47. The molecule has 23 heavy (non-hydrogen) atoms. The first-order valence-corrected chi connectivity index (χ1v) is 7.93. The van der Waals surface area contributed by atoms with Crippen LogP contribution in [-0.2, 0) is 32.7 Å². The molecule has 1 aromatic rings. The van der Waals surface area contributed by atoms with Crippen molar-refractivity contribution in [2.24, 2.45) is 5.92 Å². The second-order valence-corrected chi connectivity index (χ2v) is 7.08.